The number of carbonyl (C=O) groups is 1. The summed E-state index contributed by atoms with van der Waals surface area (Å²) in [5.74, 6) is -1.50. The third-order valence-electron chi connectivity index (χ3n) is 4.18. The Labute approximate surface area is 122 Å². The van der Waals surface area contributed by atoms with Crippen LogP contribution in [0.1, 0.15) is 19.3 Å². The number of fused-ring (bicyclic) bond motifs is 2. The zero-order valence-electron chi connectivity index (χ0n) is 10.6. The minimum absolute atomic E-state index is 0.171. The number of benzene rings is 1. The van der Waals surface area contributed by atoms with Crippen molar-refractivity contribution in [3.8, 4) is 0 Å². The number of carboxylic acid groups (broad SMARTS) is 1. The van der Waals surface area contributed by atoms with Crippen molar-refractivity contribution in [2.24, 2.45) is 5.92 Å². The molecule has 3 rings (SSSR count). The van der Waals surface area contributed by atoms with Gasteiger partial charge in [0.2, 0.25) is 10.0 Å². The van der Waals surface area contributed by atoms with Crippen LogP contribution in [0.2, 0.25) is 5.02 Å². The van der Waals surface area contributed by atoms with Crippen molar-refractivity contribution in [3.63, 3.8) is 0 Å². The number of aliphatic carboxylic acids is 1. The van der Waals surface area contributed by atoms with Gasteiger partial charge in [-0.25, -0.2) is 8.42 Å². The monoisotopic (exact) mass is 315 g/mol. The Kier molecular flexibility index (Phi) is 3.27. The van der Waals surface area contributed by atoms with E-state index in [9.17, 15) is 18.3 Å². The zero-order chi connectivity index (χ0) is 14.5. The fourth-order valence-electron chi connectivity index (χ4n) is 3.31. The molecule has 0 saturated carbocycles. The van der Waals surface area contributed by atoms with E-state index in [2.05, 4.69) is 0 Å². The summed E-state index contributed by atoms with van der Waals surface area (Å²) in [5, 5.41) is 9.66. The molecule has 0 amide bonds. The Bertz CT molecular complexity index is 643. The van der Waals surface area contributed by atoms with Crippen LogP contribution in [0.15, 0.2) is 29.2 Å². The van der Waals surface area contributed by atoms with Crippen LogP contribution in [0.25, 0.3) is 0 Å². The summed E-state index contributed by atoms with van der Waals surface area (Å²) in [6, 6.07) is 5.37. The fraction of sp³-hybridized carbons (Fsp3) is 0.462. The van der Waals surface area contributed by atoms with Crippen LogP contribution in [0, 0.1) is 5.92 Å². The Morgan fingerprint density at radius 1 is 1.25 bits per heavy atom. The van der Waals surface area contributed by atoms with Crippen LogP contribution >= 0.6 is 11.6 Å². The third-order valence-corrected chi connectivity index (χ3v) is 6.42. The molecule has 2 bridgehead atoms. The molecule has 5 nitrogen and oxygen atoms in total. The van der Waals surface area contributed by atoms with Crippen molar-refractivity contribution in [2.45, 2.75) is 36.2 Å². The van der Waals surface area contributed by atoms with Crippen molar-refractivity contribution in [2.75, 3.05) is 0 Å². The number of carboxylic acids is 1. The van der Waals surface area contributed by atoms with Gasteiger partial charge in [0.1, 0.15) is 0 Å². The molecule has 3 unspecified atom stereocenters. The SMILES string of the molecule is O=C(O)C1CC2CCC1N2S(=O)(=O)c1ccc(Cl)cc1. The number of nitrogens with zero attached hydrogens (tertiary/aromatic N) is 1. The first-order valence-electron chi connectivity index (χ1n) is 6.43. The molecule has 108 valence electrons. The highest BCUT2D eigenvalue weighted by Gasteiger charge is 2.54. The maximum atomic E-state index is 12.7. The summed E-state index contributed by atoms with van der Waals surface area (Å²) in [4.78, 5) is 11.4. The quantitative estimate of drug-likeness (QED) is 0.925. The van der Waals surface area contributed by atoms with Crippen molar-refractivity contribution in [1.82, 2.24) is 4.31 Å². The largest absolute Gasteiger partial charge is 0.481 e. The summed E-state index contributed by atoms with van der Waals surface area (Å²) in [7, 11) is -3.65. The molecule has 0 radical (unpaired) electrons. The predicted octanol–water partition coefficient (Wildman–Crippen LogP) is 1.97. The second-order valence-corrected chi connectivity index (χ2v) is 7.55. The Hall–Kier alpha value is -1.11. The normalized spacial score (nSPS) is 29.8. The molecule has 0 spiro atoms. The molecule has 0 aromatic heterocycles. The van der Waals surface area contributed by atoms with Gasteiger partial charge >= 0.3 is 5.97 Å². The topological polar surface area (TPSA) is 74.7 Å². The molecule has 1 aromatic rings. The first-order valence-corrected chi connectivity index (χ1v) is 8.25. The lowest BCUT2D eigenvalue weighted by molar-refractivity contribution is -0.142. The average Bonchev–Trinajstić information content (AvgIpc) is 2.97. The van der Waals surface area contributed by atoms with Gasteiger partial charge in [0.05, 0.1) is 10.8 Å². The maximum absolute atomic E-state index is 12.7. The van der Waals surface area contributed by atoms with Crippen LogP contribution in [-0.4, -0.2) is 35.9 Å². The summed E-state index contributed by atoms with van der Waals surface area (Å²) >= 11 is 5.77. The van der Waals surface area contributed by atoms with Gasteiger partial charge in [-0.15, -0.1) is 0 Å². The van der Waals surface area contributed by atoms with Crippen molar-refractivity contribution >= 4 is 27.6 Å². The van der Waals surface area contributed by atoms with E-state index in [1.165, 1.54) is 28.6 Å². The molecular weight excluding hydrogens is 302 g/mol. The summed E-state index contributed by atoms with van der Waals surface area (Å²) in [6.45, 7) is 0. The van der Waals surface area contributed by atoms with Crippen LogP contribution in [0.4, 0.5) is 0 Å². The van der Waals surface area contributed by atoms with Gasteiger partial charge < -0.3 is 5.11 Å². The van der Waals surface area contributed by atoms with E-state index in [0.717, 1.165) is 6.42 Å². The lowest BCUT2D eigenvalue weighted by Crippen LogP contribution is -2.37. The molecule has 1 N–H and O–H groups in total. The minimum Gasteiger partial charge on any atom is -0.481 e. The first-order chi connectivity index (χ1) is 9.41. The first kappa shape index (κ1) is 13.9. The van der Waals surface area contributed by atoms with Gasteiger partial charge in [-0.3, -0.25) is 4.79 Å². The van der Waals surface area contributed by atoms with Crippen LogP contribution in [-0.2, 0) is 14.8 Å². The summed E-state index contributed by atoms with van der Waals surface area (Å²) in [5.41, 5.74) is 0. The molecule has 20 heavy (non-hydrogen) atoms. The van der Waals surface area contributed by atoms with E-state index in [0.29, 0.717) is 17.9 Å². The number of rotatable bonds is 3. The number of hydrogen-bond donors (Lipinski definition) is 1. The lowest BCUT2D eigenvalue weighted by Gasteiger charge is -2.22. The van der Waals surface area contributed by atoms with Crippen LogP contribution in [0.3, 0.4) is 0 Å². The second kappa shape index (κ2) is 4.72. The molecule has 3 atom stereocenters. The predicted molar refractivity (Wildman–Crippen MR) is 73.0 cm³/mol. The molecule has 7 heteroatoms. The Morgan fingerprint density at radius 3 is 2.45 bits per heavy atom. The van der Waals surface area contributed by atoms with Crippen LogP contribution < -0.4 is 0 Å². The molecule has 2 aliphatic heterocycles. The Balaban J connectivity index is 1.97. The molecule has 2 fully saturated rings. The molecule has 1 aromatic carbocycles. The molecule has 0 aliphatic carbocycles. The fourth-order valence-corrected chi connectivity index (χ4v) is 5.35. The highest BCUT2D eigenvalue weighted by atomic mass is 35.5. The molecule has 2 aliphatic rings. The standard InChI is InChI=1S/C13H14ClNO4S/c14-8-1-4-10(5-2-8)20(18,19)15-9-3-6-12(15)11(7-9)13(16)17/h1-2,4-5,9,11-12H,3,6-7H2,(H,16,17). The van der Waals surface area contributed by atoms with Gasteiger partial charge in [-0.05, 0) is 43.5 Å². The van der Waals surface area contributed by atoms with E-state index in [1.807, 2.05) is 0 Å². The van der Waals surface area contributed by atoms with Gasteiger partial charge in [0.15, 0.2) is 0 Å². The molecular formula is C13H14ClNO4S. The number of sulfonamides is 1. The zero-order valence-corrected chi connectivity index (χ0v) is 12.1. The number of halogens is 1. The highest BCUT2D eigenvalue weighted by Crippen LogP contribution is 2.45. The highest BCUT2D eigenvalue weighted by molar-refractivity contribution is 7.89. The van der Waals surface area contributed by atoms with Gasteiger partial charge in [-0.2, -0.15) is 4.31 Å². The van der Waals surface area contributed by atoms with E-state index in [4.69, 9.17) is 11.6 Å². The number of hydrogen-bond acceptors (Lipinski definition) is 3. The van der Waals surface area contributed by atoms with Crippen molar-refractivity contribution < 1.29 is 18.3 Å². The van der Waals surface area contributed by atoms with E-state index >= 15 is 0 Å². The van der Waals surface area contributed by atoms with Gasteiger partial charge in [0.25, 0.3) is 0 Å². The van der Waals surface area contributed by atoms with Crippen LogP contribution in [0.5, 0.6) is 0 Å². The van der Waals surface area contributed by atoms with E-state index < -0.39 is 28.0 Å². The second-order valence-electron chi connectivity index (χ2n) is 5.27. The lowest BCUT2D eigenvalue weighted by atomic mass is 9.89. The van der Waals surface area contributed by atoms with Gasteiger partial charge in [-0.1, -0.05) is 11.6 Å². The summed E-state index contributed by atoms with van der Waals surface area (Å²) < 4.78 is 26.7. The van der Waals surface area contributed by atoms with E-state index in [-0.39, 0.29) is 10.9 Å². The maximum Gasteiger partial charge on any atom is 0.308 e. The van der Waals surface area contributed by atoms with Crippen molar-refractivity contribution in [3.05, 3.63) is 29.3 Å². The average molecular weight is 316 g/mol. The minimum atomic E-state index is -3.65. The Morgan fingerprint density at radius 2 is 1.90 bits per heavy atom. The third kappa shape index (κ3) is 2.03. The van der Waals surface area contributed by atoms with E-state index in [1.54, 1.807) is 0 Å². The smallest absolute Gasteiger partial charge is 0.308 e. The van der Waals surface area contributed by atoms with Crippen molar-refractivity contribution in [1.29, 1.82) is 0 Å². The van der Waals surface area contributed by atoms with Gasteiger partial charge in [0, 0.05) is 17.1 Å². The summed E-state index contributed by atoms with van der Waals surface area (Å²) in [6.07, 6.45) is 1.77. The molecule has 2 saturated heterocycles. The molecule has 2 heterocycles.